The summed E-state index contributed by atoms with van der Waals surface area (Å²) in [6.07, 6.45) is -0.302. The second kappa shape index (κ2) is 9.93. The van der Waals surface area contributed by atoms with Gasteiger partial charge >= 0.3 is 6.09 Å². The Morgan fingerprint density at radius 3 is 2.41 bits per heavy atom. The molecular weight excluding hydrogens is 370 g/mol. The van der Waals surface area contributed by atoms with Crippen molar-refractivity contribution in [1.29, 1.82) is 0 Å². The average Bonchev–Trinajstić information content (AvgIpc) is 2.75. The lowest BCUT2D eigenvalue weighted by Gasteiger charge is -2.38. The predicted octanol–water partition coefficient (Wildman–Crippen LogP) is 3.15. The highest BCUT2D eigenvalue weighted by Crippen LogP contribution is 2.25. The summed E-state index contributed by atoms with van der Waals surface area (Å²) in [5, 5.41) is 3.00. The average molecular weight is 397 g/mol. The molecule has 0 aromatic heterocycles. The van der Waals surface area contributed by atoms with E-state index in [0.717, 1.165) is 5.56 Å². The number of rotatable bonds is 6. The molecule has 0 spiro atoms. The molecule has 1 aliphatic rings. The largest absolute Gasteiger partial charge is 0.497 e. The van der Waals surface area contributed by atoms with Crippen molar-refractivity contribution < 1.29 is 19.1 Å². The van der Waals surface area contributed by atoms with Crippen molar-refractivity contribution in [3.05, 3.63) is 60.2 Å². The van der Waals surface area contributed by atoms with Crippen LogP contribution in [0.3, 0.4) is 0 Å². The summed E-state index contributed by atoms with van der Waals surface area (Å²) in [5.74, 6) is 0.566. The van der Waals surface area contributed by atoms with Crippen LogP contribution >= 0.6 is 0 Å². The lowest BCUT2D eigenvalue weighted by Crippen LogP contribution is -2.51. The van der Waals surface area contributed by atoms with Crippen LogP contribution in [-0.4, -0.2) is 61.7 Å². The van der Waals surface area contributed by atoms with E-state index in [9.17, 15) is 9.59 Å². The van der Waals surface area contributed by atoms with E-state index in [1.165, 1.54) is 0 Å². The fourth-order valence-corrected chi connectivity index (χ4v) is 3.45. The maximum absolute atomic E-state index is 13.2. The van der Waals surface area contributed by atoms with Crippen molar-refractivity contribution in [2.75, 3.05) is 45.2 Å². The smallest absolute Gasteiger partial charge is 0.409 e. The Balaban J connectivity index is 1.75. The van der Waals surface area contributed by atoms with Crippen molar-refractivity contribution in [1.82, 2.24) is 9.80 Å². The van der Waals surface area contributed by atoms with E-state index in [1.54, 1.807) is 25.0 Å². The number of ether oxygens (including phenoxy) is 2. The van der Waals surface area contributed by atoms with Crippen LogP contribution in [0.4, 0.5) is 10.5 Å². The molecule has 0 bridgehead atoms. The third-order valence-corrected chi connectivity index (χ3v) is 4.91. The Hall–Kier alpha value is -3.06. The third-order valence-electron chi connectivity index (χ3n) is 4.91. The summed E-state index contributed by atoms with van der Waals surface area (Å²) in [6, 6.07) is 16.5. The van der Waals surface area contributed by atoms with Crippen molar-refractivity contribution in [3.8, 4) is 5.75 Å². The van der Waals surface area contributed by atoms with Crippen LogP contribution in [0, 0.1) is 0 Å². The van der Waals surface area contributed by atoms with Gasteiger partial charge in [-0.05, 0) is 24.6 Å². The minimum absolute atomic E-state index is 0.117. The quantitative estimate of drug-likeness (QED) is 0.811. The molecule has 3 rings (SSSR count). The van der Waals surface area contributed by atoms with Gasteiger partial charge in [-0.25, -0.2) is 4.79 Å². The van der Waals surface area contributed by atoms with Gasteiger partial charge in [0.15, 0.2) is 0 Å². The van der Waals surface area contributed by atoms with Gasteiger partial charge in [0.25, 0.3) is 0 Å². The topological polar surface area (TPSA) is 71.1 Å². The van der Waals surface area contributed by atoms with Crippen LogP contribution in [0.2, 0.25) is 0 Å². The van der Waals surface area contributed by atoms with Gasteiger partial charge in [-0.15, -0.1) is 0 Å². The number of carbonyl (C=O) groups excluding carboxylic acids is 2. The molecular formula is C22H27N3O4. The summed E-state index contributed by atoms with van der Waals surface area (Å²) in [4.78, 5) is 29.0. The first-order valence-corrected chi connectivity index (χ1v) is 9.78. The SMILES string of the molecule is CCOC(=O)N1CCN([C@H](C(=O)Nc2cccc(OC)c2)c2ccccc2)CC1. The highest BCUT2D eigenvalue weighted by Gasteiger charge is 2.32. The molecule has 0 aliphatic carbocycles. The van der Waals surface area contributed by atoms with Gasteiger partial charge in [0.1, 0.15) is 11.8 Å². The van der Waals surface area contributed by atoms with E-state index >= 15 is 0 Å². The predicted molar refractivity (Wildman–Crippen MR) is 111 cm³/mol. The minimum Gasteiger partial charge on any atom is -0.497 e. The molecule has 154 valence electrons. The second-order valence-corrected chi connectivity index (χ2v) is 6.76. The number of methoxy groups -OCH3 is 1. The van der Waals surface area contributed by atoms with E-state index in [2.05, 4.69) is 10.2 Å². The molecule has 0 unspecified atom stereocenters. The number of hydrogen-bond donors (Lipinski definition) is 1. The van der Waals surface area contributed by atoms with Gasteiger partial charge in [-0.2, -0.15) is 0 Å². The number of amides is 2. The van der Waals surface area contributed by atoms with E-state index in [0.29, 0.717) is 44.2 Å². The van der Waals surface area contributed by atoms with E-state index in [1.807, 2.05) is 48.5 Å². The zero-order chi connectivity index (χ0) is 20.6. The number of nitrogens with one attached hydrogen (secondary N) is 1. The number of hydrogen-bond acceptors (Lipinski definition) is 5. The summed E-state index contributed by atoms with van der Waals surface area (Å²) in [5.41, 5.74) is 1.60. The molecule has 0 radical (unpaired) electrons. The Kier molecular flexibility index (Phi) is 7.08. The molecule has 2 amide bonds. The fourth-order valence-electron chi connectivity index (χ4n) is 3.45. The van der Waals surface area contributed by atoms with Gasteiger partial charge in [0.05, 0.1) is 13.7 Å². The molecule has 29 heavy (non-hydrogen) atoms. The number of benzene rings is 2. The van der Waals surface area contributed by atoms with Crippen LogP contribution in [-0.2, 0) is 9.53 Å². The van der Waals surface area contributed by atoms with Crippen molar-refractivity contribution >= 4 is 17.7 Å². The number of nitrogens with zero attached hydrogens (tertiary/aromatic N) is 2. The maximum Gasteiger partial charge on any atom is 0.409 e. The van der Waals surface area contributed by atoms with Gasteiger partial charge in [-0.3, -0.25) is 9.69 Å². The van der Waals surface area contributed by atoms with Crippen molar-refractivity contribution in [2.24, 2.45) is 0 Å². The minimum atomic E-state index is -0.452. The lowest BCUT2D eigenvalue weighted by molar-refractivity contribution is -0.122. The second-order valence-electron chi connectivity index (χ2n) is 6.76. The van der Waals surface area contributed by atoms with E-state index in [-0.39, 0.29) is 12.0 Å². The summed E-state index contributed by atoms with van der Waals surface area (Å²) in [6.45, 7) is 4.37. The van der Waals surface area contributed by atoms with E-state index in [4.69, 9.17) is 9.47 Å². The Morgan fingerprint density at radius 2 is 1.76 bits per heavy atom. The van der Waals surface area contributed by atoms with Gasteiger partial charge in [0.2, 0.25) is 5.91 Å². The number of carbonyl (C=O) groups is 2. The first-order valence-electron chi connectivity index (χ1n) is 9.78. The Bertz CT molecular complexity index is 820. The maximum atomic E-state index is 13.2. The zero-order valence-corrected chi connectivity index (χ0v) is 16.8. The molecule has 1 fully saturated rings. The molecule has 1 N–H and O–H groups in total. The number of anilines is 1. The lowest BCUT2D eigenvalue weighted by atomic mass is 10.0. The van der Waals surface area contributed by atoms with Gasteiger partial charge in [0, 0.05) is 37.9 Å². The first kappa shape index (κ1) is 20.7. The highest BCUT2D eigenvalue weighted by atomic mass is 16.6. The molecule has 1 aliphatic heterocycles. The van der Waals surface area contributed by atoms with E-state index < -0.39 is 6.04 Å². The van der Waals surface area contributed by atoms with Crippen LogP contribution in [0.5, 0.6) is 5.75 Å². The summed E-state index contributed by atoms with van der Waals surface area (Å²) >= 11 is 0. The highest BCUT2D eigenvalue weighted by molar-refractivity contribution is 5.95. The molecule has 2 aromatic carbocycles. The molecule has 2 aromatic rings. The van der Waals surface area contributed by atoms with Crippen LogP contribution < -0.4 is 10.1 Å². The Morgan fingerprint density at radius 1 is 1.03 bits per heavy atom. The zero-order valence-electron chi connectivity index (χ0n) is 16.8. The van der Waals surface area contributed by atoms with Gasteiger partial charge < -0.3 is 19.7 Å². The van der Waals surface area contributed by atoms with Gasteiger partial charge in [-0.1, -0.05) is 36.4 Å². The summed E-state index contributed by atoms with van der Waals surface area (Å²) < 4.78 is 10.3. The molecule has 7 nitrogen and oxygen atoms in total. The van der Waals surface area contributed by atoms with Crippen molar-refractivity contribution in [2.45, 2.75) is 13.0 Å². The standard InChI is InChI=1S/C22H27N3O4/c1-3-29-22(27)25-14-12-24(13-15-25)20(17-8-5-4-6-9-17)21(26)23-18-10-7-11-19(16-18)28-2/h4-11,16,20H,3,12-15H2,1-2H3,(H,23,26)/t20-/m0/s1. The molecule has 1 heterocycles. The number of piperazine rings is 1. The molecule has 1 saturated heterocycles. The molecule has 1 atom stereocenters. The third kappa shape index (κ3) is 5.26. The monoisotopic (exact) mass is 397 g/mol. The van der Waals surface area contributed by atoms with Crippen LogP contribution in [0.1, 0.15) is 18.5 Å². The van der Waals surface area contributed by atoms with Crippen LogP contribution in [0.15, 0.2) is 54.6 Å². The normalized spacial score (nSPS) is 15.4. The molecule has 0 saturated carbocycles. The molecule has 7 heteroatoms. The first-order chi connectivity index (χ1) is 14.1. The fraction of sp³-hybridized carbons (Fsp3) is 0.364. The summed E-state index contributed by atoms with van der Waals surface area (Å²) in [7, 11) is 1.59. The van der Waals surface area contributed by atoms with Crippen LogP contribution in [0.25, 0.3) is 0 Å². The Labute approximate surface area is 171 Å². The van der Waals surface area contributed by atoms with Crippen molar-refractivity contribution in [3.63, 3.8) is 0 Å².